The molecule has 0 spiro atoms. The highest BCUT2D eigenvalue weighted by Gasteiger charge is 2.27. The molecule has 7 nitrogen and oxygen atoms in total. The number of carbonyl (C=O) groups is 2. The lowest BCUT2D eigenvalue weighted by atomic mass is 9.94. The van der Waals surface area contributed by atoms with Crippen molar-refractivity contribution < 1.29 is 19.4 Å². The average molecular weight is 380 g/mol. The number of amides is 1. The highest BCUT2D eigenvalue weighted by molar-refractivity contribution is 5.93. The third-order valence-electron chi connectivity index (χ3n) is 4.89. The number of nitrogens with zero attached hydrogens (tertiary/aromatic N) is 3. The van der Waals surface area contributed by atoms with Gasteiger partial charge in [-0.1, -0.05) is 0 Å². The molecule has 0 bridgehead atoms. The number of rotatable bonds is 2. The monoisotopic (exact) mass is 379 g/mol. The Bertz CT molecular complexity index is 571. The van der Waals surface area contributed by atoms with Crippen LogP contribution in [0.15, 0.2) is 11.1 Å². The quantitative estimate of drug-likeness (QED) is 0.449. The molecule has 0 saturated carbocycles. The van der Waals surface area contributed by atoms with E-state index in [1.54, 1.807) is 6.92 Å². The first-order chi connectivity index (χ1) is 12.7. The van der Waals surface area contributed by atoms with Gasteiger partial charge in [0.15, 0.2) is 0 Å². The lowest BCUT2D eigenvalue weighted by Crippen LogP contribution is -2.45. The molecular weight excluding hydrogens is 346 g/mol. The number of nitriles is 1. The van der Waals surface area contributed by atoms with Gasteiger partial charge in [-0.05, 0) is 65.4 Å². The van der Waals surface area contributed by atoms with E-state index in [9.17, 15) is 9.59 Å². The Morgan fingerprint density at radius 3 is 2.04 bits per heavy atom. The molecule has 1 amide bonds. The molecule has 1 N–H and O–H groups in total. The summed E-state index contributed by atoms with van der Waals surface area (Å²) in [5.74, 6) is -0.473. The largest absolute Gasteiger partial charge is 0.465 e. The van der Waals surface area contributed by atoms with E-state index in [2.05, 4.69) is 25.7 Å². The number of likely N-dealkylation sites (tertiary alicyclic amines) is 2. The van der Waals surface area contributed by atoms with Crippen LogP contribution >= 0.6 is 0 Å². The Kier molecular flexibility index (Phi) is 9.30. The lowest BCUT2D eigenvalue weighted by molar-refractivity contribution is -0.138. The summed E-state index contributed by atoms with van der Waals surface area (Å²) in [6, 6.07) is 2.00. The minimum atomic E-state index is -0.769. The number of carbonyl (C=O) groups excluding carboxylic acids is 1. The van der Waals surface area contributed by atoms with Crippen molar-refractivity contribution in [1.29, 1.82) is 5.26 Å². The van der Waals surface area contributed by atoms with Crippen LogP contribution in [0.5, 0.6) is 0 Å². The SMILES string of the molecule is CCOC(=O)C(C#N)=C1CCN(C(C)(C)C)CC1.O=C(O)N1CCCCC1. The molecule has 0 aliphatic carbocycles. The number of ether oxygens (including phenoxy) is 1. The Morgan fingerprint density at radius 2 is 1.67 bits per heavy atom. The number of esters is 1. The van der Waals surface area contributed by atoms with Crippen molar-refractivity contribution in [1.82, 2.24) is 9.80 Å². The van der Waals surface area contributed by atoms with E-state index >= 15 is 0 Å². The molecule has 2 fully saturated rings. The van der Waals surface area contributed by atoms with E-state index in [0.29, 0.717) is 6.61 Å². The van der Waals surface area contributed by atoms with E-state index in [4.69, 9.17) is 15.1 Å². The second-order valence-corrected chi connectivity index (χ2v) is 7.80. The normalized spacial score (nSPS) is 18.0. The topological polar surface area (TPSA) is 93.9 Å². The first-order valence-electron chi connectivity index (χ1n) is 9.72. The Labute approximate surface area is 162 Å². The highest BCUT2D eigenvalue weighted by atomic mass is 16.5. The van der Waals surface area contributed by atoms with Crippen LogP contribution in [-0.2, 0) is 9.53 Å². The van der Waals surface area contributed by atoms with Crippen LogP contribution in [0, 0.1) is 11.3 Å². The molecule has 0 unspecified atom stereocenters. The van der Waals surface area contributed by atoms with Crippen molar-refractivity contribution in [2.45, 2.75) is 65.3 Å². The summed E-state index contributed by atoms with van der Waals surface area (Å²) in [4.78, 5) is 25.8. The minimum absolute atomic E-state index is 0.141. The molecule has 2 saturated heterocycles. The summed E-state index contributed by atoms with van der Waals surface area (Å²) in [6.45, 7) is 11.8. The first kappa shape index (κ1) is 23.0. The molecule has 0 aromatic rings. The van der Waals surface area contributed by atoms with Crippen molar-refractivity contribution in [3.63, 3.8) is 0 Å². The number of hydrogen-bond acceptors (Lipinski definition) is 5. The van der Waals surface area contributed by atoms with Gasteiger partial charge < -0.3 is 14.7 Å². The molecule has 2 aliphatic rings. The molecular formula is C20H33N3O4. The Hall–Kier alpha value is -2.07. The van der Waals surface area contributed by atoms with E-state index in [1.807, 2.05) is 6.07 Å². The summed E-state index contributed by atoms with van der Waals surface area (Å²) >= 11 is 0. The van der Waals surface area contributed by atoms with Gasteiger partial charge >= 0.3 is 12.1 Å². The minimum Gasteiger partial charge on any atom is -0.465 e. The van der Waals surface area contributed by atoms with Crippen LogP contribution in [0.1, 0.15) is 59.8 Å². The molecule has 0 radical (unpaired) electrons. The van der Waals surface area contributed by atoms with E-state index < -0.39 is 12.1 Å². The van der Waals surface area contributed by atoms with Gasteiger partial charge in [-0.2, -0.15) is 5.26 Å². The van der Waals surface area contributed by atoms with Gasteiger partial charge in [-0.25, -0.2) is 9.59 Å². The molecule has 2 heterocycles. The van der Waals surface area contributed by atoms with Crippen molar-refractivity contribution in [3.8, 4) is 6.07 Å². The predicted molar refractivity (Wildman–Crippen MR) is 103 cm³/mol. The molecule has 0 aromatic carbocycles. The molecule has 2 rings (SSSR count). The second kappa shape index (κ2) is 10.9. The fourth-order valence-corrected chi connectivity index (χ4v) is 3.25. The van der Waals surface area contributed by atoms with Crippen molar-refractivity contribution in [2.24, 2.45) is 0 Å². The second-order valence-electron chi connectivity index (χ2n) is 7.80. The summed E-state index contributed by atoms with van der Waals surface area (Å²) in [6.07, 6.45) is 4.04. The van der Waals surface area contributed by atoms with Crippen LogP contribution < -0.4 is 0 Å². The van der Waals surface area contributed by atoms with Crippen molar-refractivity contribution in [3.05, 3.63) is 11.1 Å². The van der Waals surface area contributed by atoms with Gasteiger partial charge in [0.1, 0.15) is 11.6 Å². The maximum atomic E-state index is 11.6. The van der Waals surface area contributed by atoms with Gasteiger partial charge in [0.2, 0.25) is 0 Å². The van der Waals surface area contributed by atoms with Crippen molar-refractivity contribution >= 4 is 12.1 Å². The van der Waals surface area contributed by atoms with E-state index in [1.165, 1.54) is 11.3 Å². The smallest absolute Gasteiger partial charge is 0.407 e. The highest BCUT2D eigenvalue weighted by Crippen LogP contribution is 2.25. The molecule has 0 aromatic heterocycles. The summed E-state index contributed by atoms with van der Waals surface area (Å²) in [5, 5.41) is 17.5. The zero-order valence-corrected chi connectivity index (χ0v) is 17.1. The summed E-state index contributed by atoms with van der Waals surface area (Å²) in [7, 11) is 0. The van der Waals surface area contributed by atoms with Crippen LogP contribution in [0.3, 0.4) is 0 Å². The standard InChI is InChI=1S/C14H22N2O2.C6H11NO2/c1-5-18-13(17)12(10-15)11-6-8-16(9-7-11)14(2,3)4;8-6(9)7-4-2-1-3-5-7/h5-9H2,1-4H3;1-5H2,(H,8,9). The van der Waals surface area contributed by atoms with Gasteiger partial charge in [-0.15, -0.1) is 0 Å². The van der Waals surface area contributed by atoms with Gasteiger partial charge in [0.05, 0.1) is 6.61 Å². The molecule has 0 atom stereocenters. The predicted octanol–water partition coefficient (Wildman–Crippen LogP) is 3.41. The zero-order chi connectivity index (χ0) is 20.4. The number of hydrogen-bond donors (Lipinski definition) is 1. The third kappa shape index (κ3) is 7.59. The van der Waals surface area contributed by atoms with Crippen LogP contribution in [-0.4, -0.2) is 65.3 Å². The molecule has 2 aliphatic heterocycles. The summed E-state index contributed by atoms with van der Waals surface area (Å²) in [5.41, 5.74) is 1.30. The average Bonchev–Trinajstić information content (AvgIpc) is 2.63. The molecule has 152 valence electrons. The first-order valence-corrected chi connectivity index (χ1v) is 9.72. The molecule has 27 heavy (non-hydrogen) atoms. The van der Waals surface area contributed by atoms with Gasteiger partial charge in [-0.3, -0.25) is 4.90 Å². The fourth-order valence-electron chi connectivity index (χ4n) is 3.25. The van der Waals surface area contributed by atoms with E-state index in [-0.39, 0.29) is 11.1 Å². The van der Waals surface area contributed by atoms with Crippen molar-refractivity contribution in [2.75, 3.05) is 32.8 Å². The third-order valence-corrected chi connectivity index (χ3v) is 4.89. The maximum Gasteiger partial charge on any atom is 0.407 e. The summed E-state index contributed by atoms with van der Waals surface area (Å²) < 4.78 is 4.91. The molecule has 7 heteroatoms. The fraction of sp³-hybridized carbons (Fsp3) is 0.750. The number of piperidine rings is 2. The maximum absolute atomic E-state index is 11.6. The van der Waals surface area contributed by atoms with Crippen LogP contribution in [0.4, 0.5) is 4.79 Å². The van der Waals surface area contributed by atoms with Crippen LogP contribution in [0.2, 0.25) is 0 Å². The zero-order valence-electron chi connectivity index (χ0n) is 17.1. The lowest BCUT2D eigenvalue weighted by Gasteiger charge is -2.39. The number of carboxylic acid groups (broad SMARTS) is 1. The van der Waals surface area contributed by atoms with Crippen LogP contribution in [0.25, 0.3) is 0 Å². The van der Waals surface area contributed by atoms with E-state index in [0.717, 1.165) is 57.4 Å². The Morgan fingerprint density at radius 1 is 1.11 bits per heavy atom. The Balaban J connectivity index is 0.000000337. The van der Waals surface area contributed by atoms with Gasteiger partial charge in [0, 0.05) is 31.7 Å². The van der Waals surface area contributed by atoms with Gasteiger partial charge in [0.25, 0.3) is 0 Å².